The van der Waals surface area contributed by atoms with Gasteiger partial charge >= 0.3 is 20.7 Å². The van der Waals surface area contributed by atoms with Gasteiger partial charge in [0.25, 0.3) is 0 Å². The molecule has 0 N–H and O–H groups in total. The van der Waals surface area contributed by atoms with Gasteiger partial charge in [0.1, 0.15) is 0 Å². The van der Waals surface area contributed by atoms with Crippen molar-refractivity contribution in [2.45, 2.75) is 29.3 Å². The number of hydrogen-bond donors (Lipinski definition) is 0. The standard InChI is InChI=1S/C10H9F5O2S2/c1-6-4-3-5-7(2)8(6)18-9(11,12)10(13,14)19(15,16)17/h3-5H,1-2H3. The first kappa shape index (κ1) is 16.2. The van der Waals surface area contributed by atoms with Crippen LogP contribution in [0.4, 0.5) is 21.4 Å². The Morgan fingerprint density at radius 1 is 1.05 bits per heavy atom. The van der Waals surface area contributed by atoms with Gasteiger partial charge < -0.3 is 0 Å². The maximum Gasteiger partial charge on any atom is 0.446 e. The zero-order valence-electron chi connectivity index (χ0n) is 9.75. The maximum absolute atomic E-state index is 13.3. The SMILES string of the molecule is Cc1cccc(C)c1SC(F)(F)C(F)(F)S(=O)(=O)F. The summed E-state index contributed by atoms with van der Waals surface area (Å²) in [6.07, 6.45) is 0. The molecule has 0 radical (unpaired) electrons. The Morgan fingerprint density at radius 2 is 1.47 bits per heavy atom. The molecule has 0 aliphatic carbocycles. The molecule has 0 fully saturated rings. The maximum atomic E-state index is 13.3. The Balaban J connectivity index is 3.24. The van der Waals surface area contributed by atoms with Crippen LogP contribution in [0, 0.1) is 13.8 Å². The van der Waals surface area contributed by atoms with Crippen molar-refractivity contribution in [2.75, 3.05) is 0 Å². The van der Waals surface area contributed by atoms with Crippen molar-refractivity contribution in [1.82, 2.24) is 0 Å². The molecule has 0 aromatic heterocycles. The van der Waals surface area contributed by atoms with Crippen molar-refractivity contribution >= 4 is 22.0 Å². The lowest BCUT2D eigenvalue weighted by Crippen LogP contribution is -2.42. The van der Waals surface area contributed by atoms with Gasteiger partial charge in [0.05, 0.1) is 0 Å². The lowest BCUT2D eigenvalue weighted by Gasteiger charge is -2.23. The molecule has 9 heteroatoms. The third-order valence-corrected chi connectivity index (χ3v) is 4.64. The molecule has 0 spiro atoms. The van der Waals surface area contributed by atoms with Gasteiger partial charge in [-0.25, -0.2) is 0 Å². The number of rotatable bonds is 4. The smallest absolute Gasteiger partial charge is 0.188 e. The van der Waals surface area contributed by atoms with Crippen LogP contribution in [-0.4, -0.2) is 18.9 Å². The number of halogens is 5. The van der Waals surface area contributed by atoms with E-state index < -0.39 is 32.5 Å². The van der Waals surface area contributed by atoms with Crippen LogP contribution in [0.3, 0.4) is 0 Å². The normalized spacial score (nSPS) is 13.6. The van der Waals surface area contributed by atoms with Gasteiger partial charge in [0.2, 0.25) is 0 Å². The summed E-state index contributed by atoms with van der Waals surface area (Å²) >= 11 is -0.670. The Morgan fingerprint density at radius 3 is 1.84 bits per heavy atom. The van der Waals surface area contributed by atoms with Gasteiger partial charge in [-0.2, -0.15) is 26.0 Å². The zero-order chi connectivity index (χ0) is 15.1. The molecule has 0 aliphatic heterocycles. The van der Waals surface area contributed by atoms with Crippen molar-refractivity contribution < 1.29 is 29.9 Å². The number of alkyl halides is 4. The summed E-state index contributed by atoms with van der Waals surface area (Å²) in [6, 6.07) is 4.32. The van der Waals surface area contributed by atoms with Crippen LogP contribution in [0.1, 0.15) is 11.1 Å². The van der Waals surface area contributed by atoms with Gasteiger partial charge in [-0.05, 0) is 36.7 Å². The van der Waals surface area contributed by atoms with Crippen LogP contribution in [0.25, 0.3) is 0 Å². The second kappa shape index (κ2) is 4.93. The summed E-state index contributed by atoms with van der Waals surface area (Å²) in [6.45, 7) is 2.79. The molecule has 0 aliphatic rings. The predicted molar refractivity (Wildman–Crippen MR) is 61.7 cm³/mol. The van der Waals surface area contributed by atoms with E-state index in [2.05, 4.69) is 0 Å². The molecular formula is C10H9F5O2S2. The van der Waals surface area contributed by atoms with Gasteiger partial charge in [-0.1, -0.05) is 22.1 Å². The Labute approximate surface area is 111 Å². The summed E-state index contributed by atoms with van der Waals surface area (Å²) < 4.78 is 85.1. The minimum Gasteiger partial charge on any atom is -0.188 e. The summed E-state index contributed by atoms with van der Waals surface area (Å²) in [5.41, 5.74) is 0.522. The molecule has 108 valence electrons. The summed E-state index contributed by atoms with van der Waals surface area (Å²) in [4.78, 5) is -0.212. The summed E-state index contributed by atoms with van der Waals surface area (Å²) in [7, 11) is -6.71. The molecule has 0 unspecified atom stereocenters. The third-order valence-electron chi connectivity index (χ3n) is 2.28. The first-order chi connectivity index (χ1) is 8.40. The largest absolute Gasteiger partial charge is 0.446 e. The van der Waals surface area contributed by atoms with Crippen molar-refractivity contribution in [3.8, 4) is 0 Å². The fourth-order valence-electron chi connectivity index (χ4n) is 1.29. The first-order valence-corrected chi connectivity index (χ1v) is 7.05. The van der Waals surface area contributed by atoms with Crippen LogP contribution in [0.15, 0.2) is 23.1 Å². The summed E-state index contributed by atoms with van der Waals surface area (Å²) in [5.74, 6) is 0. The Bertz CT molecular complexity index is 563. The average Bonchev–Trinajstić information content (AvgIpc) is 2.22. The quantitative estimate of drug-likeness (QED) is 0.480. The molecule has 1 aromatic rings. The highest BCUT2D eigenvalue weighted by Gasteiger charge is 2.67. The minimum absolute atomic E-state index is 0.212. The first-order valence-electron chi connectivity index (χ1n) is 4.85. The van der Waals surface area contributed by atoms with E-state index in [4.69, 9.17) is 0 Å². The highest BCUT2D eigenvalue weighted by molar-refractivity contribution is 8.01. The van der Waals surface area contributed by atoms with E-state index in [-0.39, 0.29) is 16.0 Å². The topological polar surface area (TPSA) is 34.1 Å². The van der Waals surface area contributed by atoms with E-state index in [1.165, 1.54) is 32.0 Å². The highest BCUT2D eigenvalue weighted by atomic mass is 32.3. The van der Waals surface area contributed by atoms with Crippen LogP contribution in [0.5, 0.6) is 0 Å². The number of hydrogen-bond acceptors (Lipinski definition) is 3. The fraction of sp³-hybridized carbons (Fsp3) is 0.400. The molecule has 0 heterocycles. The number of thioether (sulfide) groups is 1. The summed E-state index contributed by atoms with van der Waals surface area (Å²) in [5, 5.41) is -10.9. The molecule has 2 nitrogen and oxygen atoms in total. The highest BCUT2D eigenvalue weighted by Crippen LogP contribution is 2.51. The molecular weight excluding hydrogens is 311 g/mol. The van der Waals surface area contributed by atoms with Gasteiger partial charge in [-0.3, -0.25) is 0 Å². The fourth-order valence-corrected chi connectivity index (χ4v) is 2.83. The Kier molecular flexibility index (Phi) is 4.21. The molecule has 0 atom stereocenters. The van der Waals surface area contributed by atoms with E-state index in [0.29, 0.717) is 0 Å². The lowest BCUT2D eigenvalue weighted by molar-refractivity contribution is -0.0928. The molecule has 0 saturated heterocycles. The van der Waals surface area contributed by atoms with Crippen LogP contribution in [0.2, 0.25) is 0 Å². The monoisotopic (exact) mass is 320 g/mol. The second-order valence-corrected chi connectivity index (χ2v) is 6.31. The van der Waals surface area contributed by atoms with E-state index in [1.807, 2.05) is 0 Å². The Hall–Kier alpha value is -0.830. The molecule has 0 bridgehead atoms. The second-order valence-electron chi connectivity index (χ2n) is 3.79. The lowest BCUT2D eigenvalue weighted by atomic mass is 10.2. The van der Waals surface area contributed by atoms with Gasteiger partial charge in [-0.15, -0.1) is 0 Å². The van der Waals surface area contributed by atoms with Crippen LogP contribution >= 0.6 is 11.8 Å². The van der Waals surface area contributed by atoms with Gasteiger partial charge in [0.15, 0.2) is 0 Å². The number of aryl methyl sites for hydroxylation is 2. The molecule has 0 saturated carbocycles. The average molecular weight is 320 g/mol. The van der Waals surface area contributed by atoms with E-state index in [9.17, 15) is 29.9 Å². The van der Waals surface area contributed by atoms with Gasteiger partial charge in [0, 0.05) is 4.90 Å². The van der Waals surface area contributed by atoms with E-state index >= 15 is 0 Å². The van der Waals surface area contributed by atoms with Crippen molar-refractivity contribution in [3.05, 3.63) is 29.3 Å². The van der Waals surface area contributed by atoms with E-state index in [0.717, 1.165) is 0 Å². The zero-order valence-corrected chi connectivity index (χ0v) is 11.4. The molecule has 19 heavy (non-hydrogen) atoms. The molecule has 0 amide bonds. The minimum atomic E-state index is -6.71. The van der Waals surface area contributed by atoms with Crippen LogP contribution < -0.4 is 0 Å². The number of benzene rings is 1. The van der Waals surface area contributed by atoms with Crippen LogP contribution in [-0.2, 0) is 10.2 Å². The predicted octanol–water partition coefficient (Wildman–Crippen LogP) is 3.88. The molecule has 1 aromatic carbocycles. The van der Waals surface area contributed by atoms with E-state index in [1.54, 1.807) is 0 Å². The van der Waals surface area contributed by atoms with Crippen molar-refractivity contribution in [2.24, 2.45) is 0 Å². The van der Waals surface area contributed by atoms with Crippen molar-refractivity contribution in [3.63, 3.8) is 0 Å². The molecule has 1 rings (SSSR count). The third kappa shape index (κ3) is 3.02. The van der Waals surface area contributed by atoms with Crippen molar-refractivity contribution in [1.29, 1.82) is 0 Å².